The molecule has 0 saturated heterocycles. The Bertz CT molecular complexity index is 472. The zero-order valence-electron chi connectivity index (χ0n) is 21.0. The second-order valence-corrected chi connectivity index (χ2v) is 14.8. The molecule has 0 aromatic carbocycles. The van der Waals surface area contributed by atoms with Crippen molar-refractivity contribution in [1.82, 2.24) is 4.90 Å². The van der Waals surface area contributed by atoms with E-state index in [1.165, 1.54) is 7.11 Å². The van der Waals surface area contributed by atoms with Gasteiger partial charge in [0.05, 0.1) is 13.2 Å². The first-order valence-electron chi connectivity index (χ1n) is 10.8. The molecule has 6 nitrogen and oxygen atoms in total. The summed E-state index contributed by atoms with van der Waals surface area (Å²) in [6.45, 7) is 20.8. The van der Waals surface area contributed by atoms with Crippen LogP contribution < -0.4 is 0 Å². The summed E-state index contributed by atoms with van der Waals surface area (Å²) in [6.07, 6.45) is 0.485. The van der Waals surface area contributed by atoms with Gasteiger partial charge in [-0.25, -0.2) is 0 Å². The number of rotatable bonds is 13. The smallest absolute Gasteiger partial charge is 0.305 e. The van der Waals surface area contributed by atoms with Crippen LogP contribution in [-0.2, 0) is 23.4 Å². The molecule has 0 radical (unpaired) electrons. The predicted molar refractivity (Wildman–Crippen MR) is 122 cm³/mol. The monoisotopic (exact) mass is 433 g/mol. The summed E-state index contributed by atoms with van der Waals surface area (Å²) in [5, 5.41) is 0.156. The molecule has 7 heteroatoms. The maximum Gasteiger partial charge on any atom is 0.305 e. The fourth-order valence-electron chi connectivity index (χ4n) is 3.35. The summed E-state index contributed by atoms with van der Waals surface area (Å²) in [4.78, 5) is 14.3. The highest BCUT2D eigenvalue weighted by Crippen LogP contribution is 2.37. The van der Waals surface area contributed by atoms with E-state index < -0.39 is 14.6 Å². The van der Waals surface area contributed by atoms with Gasteiger partial charge in [0.1, 0.15) is 0 Å². The highest BCUT2D eigenvalue weighted by Gasteiger charge is 2.41. The molecule has 0 aliphatic heterocycles. The second-order valence-electron chi connectivity index (χ2n) is 9.95. The van der Waals surface area contributed by atoms with Crippen molar-refractivity contribution in [2.24, 2.45) is 5.92 Å². The lowest BCUT2D eigenvalue weighted by molar-refractivity contribution is -0.167. The van der Waals surface area contributed by atoms with Crippen LogP contribution in [0.3, 0.4) is 0 Å². The van der Waals surface area contributed by atoms with Gasteiger partial charge in [0, 0.05) is 39.3 Å². The van der Waals surface area contributed by atoms with E-state index in [0.717, 1.165) is 0 Å². The van der Waals surface area contributed by atoms with Gasteiger partial charge in [0.15, 0.2) is 14.6 Å². The van der Waals surface area contributed by atoms with Crippen LogP contribution in [-0.4, -0.2) is 71.5 Å². The number of methoxy groups -OCH3 is 3. The quantitative estimate of drug-likeness (QED) is 0.239. The minimum Gasteiger partial charge on any atom is -0.469 e. The lowest BCUT2D eigenvalue weighted by atomic mass is 9.97. The number of ether oxygens (including phenoxy) is 3. The van der Waals surface area contributed by atoms with Gasteiger partial charge in [-0.2, -0.15) is 0 Å². The second kappa shape index (κ2) is 12.4. The van der Waals surface area contributed by atoms with E-state index in [2.05, 4.69) is 66.5 Å². The topological polar surface area (TPSA) is 57.2 Å². The molecule has 0 aliphatic rings. The van der Waals surface area contributed by atoms with Crippen molar-refractivity contribution in [2.75, 3.05) is 27.9 Å². The Morgan fingerprint density at radius 2 is 1.48 bits per heavy atom. The van der Waals surface area contributed by atoms with E-state index in [1.54, 1.807) is 14.2 Å². The molecule has 2 atom stereocenters. The van der Waals surface area contributed by atoms with Gasteiger partial charge in [0.25, 0.3) is 0 Å². The van der Waals surface area contributed by atoms with Gasteiger partial charge in [-0.05, 0) is 44.3 Å². The lowest BCUT2D eigenvalue weighted by Gasteiger charge is -2.46. The molecule has 0 aromatic heterocycles. The Balaban J connectivity index is 5.81. The molecule has 0 rings (SSSR count). The summed E-state index contributed by atoms with van der Waals surface area (Å²) in [5.74, 6) is 0.153. The van der Waals surface area contributed by atoms with Crippen molar-refractivity contribution in [1.29, 1.82) is 0 Å². The number of esters is 1. The van der Waals surface area contributed by atoms with Crippen molar-refractivity contribution in [3.8, 4) is 0 Å². The molecule has 174 valence electrons. The van der Waals surface area contributed by atoms with Gasteiger partial charge < -0.3 is 18.6 Å². The molecule has 0 N–H and O–H groups in total. The van der Waals surface area contributed by atoms with Gasteiger partial charge in [-0.15, -0.1) is 0 Å². The molecule has 0 amide bonds. The van der Waals surface area contributed by atoms with Crippen LogP contribution in [0.2, 0.25) is 18.1 Å². The van der Waals surface area contributed by atoms with Crippen LogP contribution in [0.15, 0.2) is 0 Å². The molecular weight excluding hydrogens is 386 g/mol. The van der Waals surface area contributed by atoms with Crippen molar-refractivity contribution in [3.63, 3.8) is 0 Å². The summed E-state index contributed by atoms with van der Waals surface area (Å²) < 4.78 is 22.8. The number of carbonyl (C=O) groups excluding carboxylic acids is 1. The van der Waals surface area contributed by atoms with Gasteiger partial charge in [-0.1, -0.05) is 34.6 Å². The molecule has 0 fully saturated rings. The first kappa shape index (κ1) is 28.5. The van der Waals surface area contributed by atoms with Crippen molar-refractivity contribution in [3.05, 3.63) is 0 Å². The molecule has 0 aromatic rings. The summed E-state index contributed by atoms with van der Waals surface area (Å²) >= 11 is 0. The molecule has 2 unspecified atom stereocenters. The average molecular weight is 434 g/mol. The molecule has 0 spiro atoms. The fraction of sp³-hybridized carbons (Fsp3) is 0.955. The lowest BCUT2D eigenvalue weighted by Crippen LogP contribution is -2.57. The first-order valence-corrected chi connectivity index (χ1v) is 13.7. The number of carbonyl (C=O) groups is 1. The number of nitrogens with zero attached hydrogens (tertiary/aromatic N) is 1. The highest BCUT2D eigenvalue weighted by atomic mass is 28.4. The minimum absolute atomic E-state index is 0.0838. The van der Waals surface area contributed by atoms with Crippen molar-refractivity contribution in [2.45, 2.75) is 104 Å². The predicted octanol–water partition coefficient (Wildman–Crippen LogP) is 4.68. The van der Waals surface area contributed by atoms with E-state index >= 15 is 0 Å². The van der Waals surface area contributed by atoms with Crippen LogP contribution in [0.5, 0.6) is 0 Å². The third kappa shape index (κ3) is 8.65. The van der Waals surface area contributed by atoms with Crippen LogP contribution >= 0.6 is 0 Å². The van der Waals surface area contributed by atoms with Crippen molar-refractivity contribution < 1.29 is 23.4 Å². The molecule has 0 aliphatic carbocycles. The average Bonchev–Trinajstić information content (AvgIpc) is 2.60. The van der Waals surface area contributed by atoms with Crippen molar-refractivity contribution >= 4 is 14.3 Å². The van der Waals surface area contributed by atoms with E-state index in [0.29, 0.717) is 25.4 Å². The number of hydrogen-bond donors (Lipinski definition) is 0. The fourth-order valence-corrected chi connectivity index (χ4v) is 4.37. The SMILES string of the molecule is COC(=O)CCC(C(OC)OC)N(C(C)C)C(CO[Si](C)(C)C(C)(C)C)C(C)C. The van der Waals surface area contributed by atoms with Gasteiger partial charge in [-0.3, -0.25) is 9.69 Å². The largest absolute Gasteiger partial charge is 0.469 e. The Labute approximate surface area is 180 Å². The van der Waals surface area contributed by atoms with Crippen LogP contribution in [0, 0.1) is 5.92 Å². The summed E-state index contributed by atoms with van der Waals surface area (Å²) in [5.41, 5.74) is 0. The Kier molecular flexibility index (Phi) is 12.2. The molecule has 0 saturated carbocycles. The molecule has 0 bridgehead atoms. The third-order valence-corrected chi connectivity index (χ3v) is 10.7. The first-order chi connectivity index (χ1) is 13.2. The Hall–Kier alpha value is -0.473. The van der Waals surface area contributed by atoms with Crippen LogP contribution in [0.25, 0.3) is 0 Å². The molecule has 29 heavy (non-hydrogen) atoms. The van der Waals surface area contributed by atoms with Crippen LogP contribution in [0.1, 0.15) is 61.3 Å². The maximum atomic E-state index is 11.8. The minimum atomic E-state index is -1.88. The van der Waals surface area contributed by atoms with Crippen LogP contribution in [0.4, 0.5) is 0 Å². The summed E-state index contributed by atoms with van der Waals surface area (Å²) in [6, 6.07) is 0.333. The Morgan fingerprint density at radius 3 is 1.83 bits per heavy atom. The summed E-state index contributed by atoms with van der Waals surface area (Å²) in [7, 11) is 2.84. The van der Waals surface area contributed by atoms with E-state index in [1.807, 2.05) is 0 Å². The zero-order valence-corrected chi connectivity index (χ0v) is 22.0. The Morgan fingerprint density at radius 1 is 0.966 bits per heavy atom. The van der Waals surface area contributed by atoms with Gasteiger partial charge in [0.2, 0.25) is 0 Å². The molecular formula is C22H47NO5Si. The third-order valence-electron chi connectivity index (χ3n) is 6.20. The van der Waals surface area contributed by atoms with E-state index in [4.69, 9.17) is 18.6 Å². The standard InChI is InChI=1S/C22H47NO5Si/c1-16(2)19(15-28-29(11,12)22(5,6)7)23(17(3)4)18(21(26-9)27-10)13-14-20(24)25-8/h16-19,21H,13-15H2,1-12H3. The normalized spacial score (nSPS) is 15.4. The highest BCUT2D eigenvalue weighted by molar-refractivity contribution is 6.74. The van der Waals surface area contributed by atoms with E-state index in [9.17, 15) is 4.79 Å². The van der Waals surface area contributed by atoms with Gasteiger partial charge >= 0.3 is 5.97 Å². The molecule has 0 heterocycles. The number of hydrogen-bond acceptors (Lipinski definition) is 6. The van der Waals surface area contributed by atoms with E-state index in [-0.39, 0.29) is 29.1 Å². The maximum absolute atomic E-state index is 11.8. The zero-order chi connectivity index (χ0) is 23.0.